The van der Waals surface area contributed by atoms with Crippen molar-refractivity contribution in [3.05, 3.63) is 0 Å². The summed E-state index contributed by atoms with van der Waals surface area (Å²) in [5.41, 5.74) is -3.69. The maximum atomic E-state index is 7.01. The van der Waals surface area contributed by atoms with Gasteiger partial charge in [0.15, 0.2) is 0 Å². The van der Waals surface area contributed by atoms with Crippen LogP contribution in [0.4, 0.5) is 0 Å². The summed E-state index contributed by atoms with van der Waals surface area (Å²) in [6.45, 7) is 0. The van der Waals surface area contributed by atoms with E-state index in [1.54, 1.807) is 0 Å². The molecule has 60 radical (unpaired) electrons. The van der Waals surface area contributed by atoms with Gasteiger partial charge in [0.2, 0.25) is 0 Å². The minimum atomic E-state index is -0.259. The van der Waals surface area contributed by atoms with E-state index in [1.807, 2.05) is 0 Å². The predicted octanol–water partition coefficient (Wildman–Crippen LogP) is -22.0. The fraction of sp³-hybridized carbons (Fsp3) is 0. The summed E-state index contributed by atoms with van der Waals surface area (Å²) in [6.07, 6.45) is 0. The first kappa shape index (κ1) is 57.3. The van der Waals surface area contributed by atoms with Gasteiger partial charge in [0.1, 0.15) is 235 Å². The third kappa shape index (κ3) is 6.95. The van der Waals surface area contributed by atoms with Crippen molar-refractivity contribution in [3.63, 3.8) is 0 Å². The lowest BCUT2D eigenvalue weighted by Gasteiger charge is -2.33. The van der Waals surface area contributed by atoms with Gasteiger partial charge in [-0.25, -0.2) is 0 Å². The molecule has 11 aromatic carbocycles. The van der Waals surface area contributed by atoms with Gasteiger partial charge in [-0.15, -0.1) is 10.9 Å². The molecule has 0 fully saturated rings. The molecule has 0 saturated heterocycles. The van der Waals surface area contributed by atoms with Crippen molar-refractivity contribution < 1.29 is 0 Å². The number of benzene rings is 11. The molecule has 11 aromatic rings. The molecule has 80 heavy (non-hydrogen) atoms. The van der Waals surface area contributed by atoms with Crippen molar-refractivity contribution in [2.24, 2.45) is 0 Å². The van der Waals surface area contributed by atoms with Crippen molar-refractivity contribution in [1.29, 1.82) is 0 Å². The predicted molar refractivity (Wildman–Crippen MR) is 377 cm³/mol. The molecule has 290 valence electrons. The molecule has 11 rings (SSSR count). The molecule has 0 spiro atoms. The SMILES string of the molecule is [B]c1c([B])c(-c2c([B])c([B])c(-c3c([B])c([B])c4c([B])c([B])c5c([B])c([B])c([B])c6c([B])c([B])c3c4c56)c([B])c2[B])c([B])c([B])c1-c1c([B])c([B])c(-c2c([B])c([B])c3c([B])c([B])c4c([B])c([B])c([B])c5c([B])c([B])c2c3c45)c([B])c1[B]. The molecule has 0 atom stereocenters. The quantitative estimate of drug-likeness (QED) is 0.122. The summed E-state index contributed by atoms with van der Waals surface area (Å²) in [5, 5.41) is 2.85. The highest BCUT2D eigenvalue weighted by atomic mass is 14.3. The number of hydrogen-bond donors (Lipinski definition) is 0. The van der Waals surface area contributed by atoms with Gasteiger partial charge in [-0.2, -0.15) is 0 Å². The molecule has 0 aliphatic carbocycles. The second-order valence-electron chi connectivity index (χ2n) is 19.9. The first-order valence-electron chi connectivity index (χ1n) is 23.7. The van der Waals surface area contributed by atoms with Gasteiger partial charge in [-0.05, 0) is 109 Å². The molecular weight excluding hydrogens is 925 g/mol. The molecule has 0 N–H and O–H groups in total. The van der Waals surface area contributed by atoms with Crippen molar-refractivity contribution in [2.45, 2.75) is 0 Å². The standard InChI is InChI=1S/C50B30/c51-21-5-1-3-11(27(21)57)45(75)49(79)47(77)13(3)31(61)29(59)9(1)25(55)23(53)7(5)15-33(63)37(67)17(38(68)34(15)64)19-41(71)43(73)20(44(74)42(19)72)18-39(69)35(65)16(36(66)40(18)70)8-6-2-4-12(28(58)22(6)52)46(76)50(80)48(78)14(4)32(62)30(60)10(2)26(56)24(8)54. The average molecular weight is 925 g/mol. The van der Waals surface area contributed by atoms with Gasteiger partial charge < -0.3 is 0 Å². The monoisotopic (exact) mass is 930 g/mol. The zero-order valence-corrected chi connectivity index (χ0v) is 42.3. The van der Waals surface area contributed by atoms with Gasteiger partial charge in [0, 0.05) is 0 Å². The van der Waals surface area contributed by atoms with Crippen LogP contribution in [0, 0.1) is 0 Å². The molecular formula is C50B30. The maximum absolute atomic E-state index is 7.01. The zero-order chi connectivity index (χ0) is 58.9. The summed E-state index contributed by atoms with van der Waals surface area (Å²) in [7, 11) is 204. The average Bonchev–Trinajstić information content (AvgIpc) is 2.55. The first-order valence-corrected chi connectivity index (χ1v) is 23.7. The van der Waals surface area contributed by atoms with Gasteiger partial charge in [-0.1, -0.05) is 153 Å². The van der Waals surface area contributed by atoms with E-state index in [9.17, 15) is 0 Å². The Labute approximate surface area is 504 Å². The highest BCUT2D eigenvalue weighted by molar-refractivity contribution is 6.79. The zero-order valence-electron chi connectivity index (χ0n) is 42.3. The summed E-state index contributed by atoms with van der Waals surface area (Å²) >= 11 is 0. The topological polar surface area (TPSA) is 0 Å². The normalized spacial score (nSPS) is 12.0. The van der Waals surface area contributed by atoms with Crippen LogP contribution in [0.5, 0.6) is 0 Å². The van der Waals surface area contributed by atoms with Crippen molar-refractivity contribution in [3.8, 4) is 44.5 Å². The Kier molecular flexibility index (Phi) is 13.6. The third-order valence-corrected chi connectivity index (χ3v) is 16.2. The van der Waals surface area contributed by atoms with Crippen LogP contribution in [0.3, 0.4) is 0 Å². The summed E-state index contributed by atoms with van der Waals surface area (Å²) in [4.78, 5) is 0. The van der Waals surface area contributed by atoms with Crippen LogP contribution in [-0.2, 0) is 0 Å². The molecule has 0 bridgehead atoms. The Hall–Kier alpha value is -4.55. The maximum Gasteiger partial charge on any atom is 0.113 e. The lowest BCUT2D eigenvalue weighted by Crippen LogP contribution is -2.53. The fourth-order valence-corrected chi connectivity index (χ4v) is 12.1. The van der Waals surface area contributed by atoms with Crippen LogP contribution >= 0.6 is 0 Å². The Balaban J connectivity index is 1.15. The second kappa shape index (κ2) is 19.0. The number of hydrogen-bond acceptors (Lipinski definition) is 0. The van der Waals surface area contributed by atoms with Crippen LogP contribution in [0.2, 0.25) is 0 Å². The molecule has 0 saturated carbocycles. The third-order valence-electron chi connectivity index (χ3n) is 16.2. The summed E-state index contributed by atoms with van der Waals surface area (Å²) in [5.74, 6) is 0. The van der Waals surface area contributed by atoms with Gasteiger partial charge in [0.25, 0.3) is 0 Å². The number of rotatable bonds is 4. The molecule has 0 aliphatic rings. The van der Waals surface area contributed by atoms with Crippen LogP contribution in [0.25, 0.3) is 109 Å². The Morgan fingerprint density at radius 1 is 0.0750 bits per heavy atom. The highest BCUT2D eigenvalue weighted by Crippen LogP contribution is 2.35. The van der Waals surface area contributed by atoms with E-state index in [0.29, 0.717) is 21.5 Å². The van der Waals surface area contributed by atoms with Gasteiger partial charge in [-0.3, -0.25) is 0 Å². The van der Waals surface area contributed by atoms with E-state index in [4.69, 9.17) is 235 Å². The molecule has 0 aromatic heterocycles. The molecule has 0 amide bonds. The van der Waals surface area contributed by atoms with E-state index in [-0.39, 0.29) is 251 Å². The van der Waals surface area contributed by atoms with Crippen molar-refractivity contribution in [1.82, 2.24) is 0 Å². The minimum Gasteiger partial charge on any atom is -0.109 e. The Morgan fingerprint density at radius 3 is 0.350 bits per heavy atom. The van der Waals surface area contributed by atoms with Gasteiger partial charge >= 0.3 is 0 Å². The summed E-state index contributed by atoms with van der Waals surface area (Å²) in [6, 6.07) is 0. The lowest BCUT2D eigenvalue weighted by atomic mass is 9.54. The largest absolute Gasteiger partial charge is 0.113 e. The van der Waals surface area contributed by atoms with Crippen LogP contribution in [0.15, 0.2) is 0 Å². The molecule has 0 heterocycles. The highest BCUT2D eigenvalue weighted by Gasteiger charge is 2.31. The smallest absolute Gasteiger partial charge is 0.109 e. The summed E-state index contributed by atoms with van der Waals surface area (Å²) < 4.78 is 0. The van der Waals surface area contributed by atoms with Gasteiger partial charge in [0.05, 0.1) is 0 Å². The molecule has 0 nitrogen and oxygen atoms in total. The van der Waals surface area contributed by atoms with E-state index >= 15 is 0 Å². The molecule has 0 unspecified atom stereocenters. The van der Waals surface area contributed by atoms with E-state index in [0.717, 1.165) is 0 Å². The van der Waals surface area contributed by atoms with E-state index in [1.165, 1.54) is 0 Å². The minimum absolute atomic E-state index is 0.000246. The van der Waals surface area contributed by atoms with Crippen molar-refractivity contribution >= 4 is 464 Å². The second-order valence-corrected chi connectivity index (χ2v) is 19.9. The van der Waals surface area contributed by atoms with E-state index < -0.39 is 0 Å². The van der Waals surface area contributed by atoms with E-state index in [2.05, 4.69) is 0 Å². The Bertz CT molecular complexity index is 4370. The van der Waals surface area contributed by atoms with Crippen LogP contribution in [0.1, 0.15) is 0 Å². The van der Waals surface area contributed by atoms with Crippen molar-refractivity contribution in [2.75, 3.05) is 0 Å². The molecule has 0 aliphatic heterocycles. The lowest BCUT2D eigenvalue weighted by molar-refractivity contribution is 1.81. The van der Waals surface area contributed by atoms with Crippen LogP contribution < -0.4 is 164 Å². The Morgan fingerprint density at radius 2 is 0.175 bits per heavy atom. The van der Waals surface area contributed by atoms with Crippen LogP contribution in [-0.4, -0.2) is 235 Å². The fourth-order valence-electron chi connectivity index (χ4n) is 12.1. The first-order chi connectivity index (χ1) is 37.3. The molecule has 30 heteroatoms.